The van der Waals surface area contributed by atoms with E-state index in [2.05, 4.69) is 29.2 Å². The molecule has 8 heteroatoms. The molecule has 1 saturated heterocycles. The highest BCUT2D eigenvalue weighted by molar-refractivity contribution is 7.99. The molecular formula is C25H28N6OS. The largest absolute Gasteiger partial charge is 0.356 e. The van der Waals surface area contributed by atoms with Crippen molar-refractivity contribution in [3.63, 3.8) is 0 Å². The molecule has 7 nitrogen and oxygen atoms in total. The van der Waals surface area contributed by atoms with Crippen LogP contribution < -0.4 is 10.2 Å². The minimum absolute atomic E-state index is 0.0771. The number of aromatic nitrogens is 4. The molecule has 1 N–H and O–H groups in total. The lowest BCUT2D eigenvalue weighted by molar-refractivity contribution is 0.0953. The first-order chi connectivity index (χ1) is 16.1. The maximum atomic E-state index is 12.9. The van der Waals surface area contributed by atoms with Gasteiger partial charge in [-0.05, 0) is 29.7 Å². The molecule has 0 atom stereocenters. The lowest BCUT2D eigenvalue weighted by Gasteiger charge is -2.18. The van der Waals surface area contributed by atoms with Crippen molar-refractivity contribution in [2.24, 2.45) is 0 Å². The van der Waals surface area contributed by atoms with E-state index in [0.29, 0.717) is 23.9 Å². The number of carbonyl (C=O) groups excluding carboxylic acids is 1. The Hall–Kier alpha value is -3.13. The highest BCUT2D eigenvalue weighted by atomic mass is 32.2. The fraction of sp³-hybridized carbons (Fsp3) is 0.360. The van der Waals surface area contributed by atoms with Gasteiger partial charge >= 0.3 is 0 Å². The van der Waals surface area contributed by atoms with Gasteiger partial charge in [-0.1, -0.05) is 62.0 Å². The van der Waals surface area contributed by atoms with Crippen LogP contribution in [0.4, 0.5) is 5.82 Å². The van der Waals surface area contributed by atoms with Gasteiger partial charge in [-0.2, -0.15) is 5.10 Å². The number of nitrogens with one attached hydrogen (secondary N) is 1. The molecule has 0 saturated carbocycles. The predicted molar refractivity (Wildman–Crippen MR) is 134 cm³/mol. The Morgan fingerprint density at radius 1 is 1.06 bits per heavy atom. The molecule has 0 radical (unpaired) electrons. The number of nitrogens with zero attached hydrogens (tertiary/aromatic N) is 5. The molecule has 1 fully saturated rings. The van der Waals surface area contributed by atoms with E-state index in [-0.39, 0.29) is 5.91 Å². The zero-order valence-corrected chi connectivity index (χ0v) is 19.8. The lowest BCUT2D eigenvalue weighted by Crippen LogP contribution is -2.27. The van der Waals surface area contributed by atoms with E-state index in [0.717, 1.165) is 45.9 Å². The summed E-state index contributed by atoms with van der Waals surface area (Å²) in [5, 5.41) is 11.8. The number of fused-ring (bicyclic) bond motifs is 2. The van der Waals surface area contributed by atoms with Crippen molar-refractivity contribution in [3.05, 3.63) is 54.2 Å². The summed E-state index contributed by atoms with van der Waals surface area (Å²) in [5.74, 6) is 0.901. The highest BCUT2D eigenvalue weighted by Gasteiger charge is 2.21. The molecule has 0 aliphatic carbocycles. The second-order valence-electron chi connectivity index (χ2n) is 8.58. The van der Waals surface area contributed by atoms with Gasteiger partial charge in [-0.3, -0.25) is 4.79 Å². The fourth-order valence-corrected chi connectivity index (χ4v) is 5.01. The van der Waals surface area contributed by atoms with Crippen molar-refractivity contribution >= 4 is 45.3 Å². The normalized spacial score (nSPS) is 14.0. The Bertz CT molecular complexity index is 1290. The molecule has 0 unspecified atom stereocenters. The number of carbonyl (C=O) groups is 1. The number of rotatable bonds is 7. The summed E-state index contributed by atoms with van der Waals surface area (Å²) in [7, 11) is 0. The minimum Gasteiger partial charge on any atom is -0.356 e. The predicted octanol–water partition coefficient (Wildman–Crippen LogP) is 4.51. The van der Waals surface area contributed by atoms with Crippen LogP contribution in [0.3, 0.4) is 0 Å². The monoisotopic (exact) mass is 460 g/mol. The van der Waals surface area contributed by atoms with E-state index >= 15 is 0 Å². The van der Waals surface area contributed by atoms with Gasteiger partial charge < -0.3 is 10.2 Å². The van der Waals surface area contributed by atoms with Gasteiger partial charge in [0.25, 0.3) is 5.91 Å². The van der Waals surface area contributed by atoms with E-state index in [4.69, 9.17) is 9.97 Å². The summed E-state index contributed by atoms with van der Waals surface area (Å²) in [6.07, 6.45) is 4.23. The Labute approximate surface area is 197 Å². The number of hydrogen-bond acceptors (Lipinski definition) is 6. The van der Waals surface area contributed by atoms with Crippen molar-refractivity contribution in [1.82, 2.24) is 25.1 Å². The number of thioether (sulfide) groups is 1. The molecule has 3 heterocycles. The SMILES string of the molecule is CC(C)Sc1nc(N2CCCC2)c2cnn(CCNC(=O)c3cccc4ccccc34)c2n1. The zero-order valence-electron chi connectivity index (χ0n) is 19.0. The molecule has 5 rings (SSSR count). The molecular weight excluding hydrogens is 432 g/mol. The van der Waals surface area contributed by atoms with E-state index in [1.807, 2.05) is 53.3 Å². The molecule has 2 aromatic heterocycles. The summed E-state index contributed by atoms with van der Waals surface area (Å²) in [4.78, 5) is 24.9. The molecule has 2 aromatic carbocycles. The highest BCUT2D eigenvalue weighted by Crippen LogP contribution is 2.30. The Morgan fingerprint density at radius 2 is 1.85 bits per heavy atom. The van der Waals surface area contributed by atoms with E-state index in [1.165, 1.54) is 12.8 Å². The molecule has 170 valence electrons. The third kappa shape index (κ3) is 4.53. The average molecular weight is 461 g/mol. The van der Waals surface area contributed by atoms with Crippen LogP contribution >= 0.6 is 11.8 Å². The van der Waals surface area contributed by atoms with Crippen molar-refractivity contribution < 1.29 is 4.79 Å². The zero-order chi connectivity index (χ0) is 22.8. The van der Waals surface area contributed by atoms with Gasteiger partial charge in [-0.25, -0.2) is 14.6 Å². The van der Waals surface area contributed by atoms with Gasteiger partial charge in [0.05, 0.1) is 18.1 Å². The fourth-order valence-electron chi connectivity index (χ4n) is 4.31. The molecule has 1 amide bonds. The summed E-state index contributed by atoms with van der Waals surface area (Å²) in [6, 6.07) is 13.8. The number of anilines is 1. The summed E-state index contributed by atoms with van der Waals surface area (Å²) in [6.45, 7) is 7.34. The minimum atomic E-state index is -0.0771. The van der Waals surface area contributed by atoms with Crippen LogP contribution in [0.1, 0.15) is 37.0 Å². The first-order valence-corrected chi connectivity index (χ1v) is 12.4. The number of benzene rings is 2. The quantitative estimate of drug-likeness (QED) is 0.323. The second kappa shape index (κ2) is 9.39. The van der Waals surface area contributed by atoms with Crippen LogP contribution in [0.25, 0.3) is 21.8 Å². The van der Waals surface area contributed by atoms with Gasteiger partial charge in [0.1, 0.15) is 5.82 Å². The van der Waals surface area contributed by atoms with E-state index < -0.39 is 0 Å². The Kier molecular flexibility index (Phi) is 6.17. The lowest BCUT2D eigenvalue weighted by atomic mass is 10.0. The average Bonchev–Trinajstić information content (AvgIpc) is 3.48. The van der Waals surface area contributed by atoms with Crippen molar-refractivity contribution in [3.8, 4) is 0 Å². The second-order valence-corrected chi connectivity index (χ2v) is 10.1. The van der Waals surface area contributed by atoms with Crippen LogP contribution in [0.2, 0.25) is 0 Å². The summed E-state index contributed by atoms with van der Waals surface area (Å²) < 4.78 is 1.88. The van der Waals surface area contributed by atoms with Crippen LogP contribution in [0.5, 0.6) is 0 Å². The molecule has 1 aliphatic rings. The summed E-state index contributed by atoms with van der Waals surface area (Å²) >= 11 is 1.67. The van der Waals surface area contributed by atoms with Crippen LogP contribution in [-0.4, -0.2) is 50.5 Å². The third-order valence-corrected chi connectivity index (χ3v) is 6.71. The van der Waals surface area contributed by atoms with Crippen LogP contribution in [0, 0.1) is 0 Å². The first kappa shape index (κ1) is 21.7. The molecule has 0 bridgehead atoms. The van der Waals surface area contributed by atoms with Gasteiger partial charge in [-0.15, -0.1) is 0 Å². The van der Waals surface area contributed by atoms with Gasteiger partial charge in [0.2, 0.25) is 0 Å². The maximum absolute atomic E-state index is 12.9. The first-order valence-electron chi connectivity index (χ1n) is 11.5. The Balaban J connectivity index is 1.36. The van der Waals surface area contributed by atoms with Crippen molar-refractivity contribution in [2.75, 3.05) is 24.5 Å². The standard InChI is InChI=1S/C25H28N6OS/c1-17(2)33-25-28-22(30-13-5-6-14-30)21-16-27-31(23(21)29-25)15-12-26-24(32)20-11-7-9-18-8-3-4-10-19(18)20/h3-4,7-11,16-17H,5-6,12-15H2,1-2H3,(H,26,32). The molecule has 33 heavy (non-hydrogen) atoms. The number of hydrogen-bond donors (Lipinski definition) is 1. The topological polar surface area (TPSA) is 75.9 Å². The summed E-state index contributed by atoms with van der Waals surface area (Å²) in [5.41, 5.74) is 1.52. The van der Waals surface area contributed by atoms with Crippen molar-refractivity contribution in [1.29, 1.82) is 0 Å². The maximum Gasteiger partial charge on any atom is 0.251 e. The smallest absolute Gasteiger partial charge is 0.251 e. The van der Waals surface area contributed by atoms with E-state index in [1.54, 1.807) is 11.8 Å². The molecule has 1 aliphatic heterocycles. The van der Waals surface area contributed by atoms with E-state index in [9.17, 15) is 4.79 Å². The Morgan fingerprint density at radius 3 is 2.67 bits per heavy atom. The van der Waals surface area contributed by atoms with Crippen molar-refractivity contribution in [2.45, 2.75) is 43.6 Å². The molecule has 0 spiro atoms. The third-order valence-electron chi connectivity index (χ3n) is 5.85. The van der Waals surface area contributed by atoms with Crippen LogP contribution in [0.15, 0.2) is 53.8 Å². The molecule has 4 aromatic rings. The van der Waals surface area contributed by atoms with Gasteiger partial charge in [0.15, 0.2) is 10.8 Å². The number of amides is 1. The van der Waals surface area contributed by atoms with Crippen LogP contribution in [-0.2, 0) is 6.54 Å². The van der Waals surface area contributed by atoms with Gasteiger partial charge in [0, 0.05) is 30.4 Å².